The number of rotatable bonds is 1. The maximum atomic E-state index is 13.5. The summed E-state index contributed by atoms with van der Waals surface area (Å²) in [5.41, 5.74) is 0.274. The van der Waals surface area contributed by atoms with Gasteiger partial charge < -0.3 is 5.32 Å². The van der Waals surface area contributed by atoms with E-state index in [1.165, 1.54) is 0 Å². The highest BCUT2D eigenvalue weighted by molar-refractivity contribution is 6.31. The van der Waals surface area contributed by atoms with Gasteiger partial charge in [-0.05, 0) is 31.5 Å². The lowest BCUT2D eigenvalue weighted by molar-refractivity contribution is 0.398. The Balaban J connectivity index is 2.36. The summed E-state index contributed by atoms with van der Waals surface area (Å²) < 4.78 is 26.7. The molecule has 1 unspecified atom stereocenters. The molecule has 1 nitrogen and oxygen atoms in total. The second kappa shape index (κ2) is 4.45. The zero-order chi connectivity index (χ0) is 10.8. The van der Waals surface area contributed by atoms with Crippen molar-refractivity contribution in [1.29, 1.82) is 0 Å². The first-order valence-corrected chi connectivity index (χ1v) is 5.44. The fraction of sp³-hybridized carbons (Fsp3) is 0.455. The zero-order valence-electron chi connectivity index (χ0n) is 8.19. The van der Waals surface area contributed by atoms with E-state index < -0.39 is 11.6 Å². The Labute approximate surface area is 92.4 Å². The largest absolute Gasteiger partial charge is 0.310 e. The topological polar surface area (TPSA) is 12.0 Å². The molecule has 1 N–H and O–H groups in total. The molecule has 1 aliphatic rings. The van der Waals surface area contributed by atoms with E-state index in [-0.39, 0.29) is 16.6 Å². The van der Waals surface area contributed by atoms with Crippen LogP contribution in [0, 0.1) is 11.6 Å². The van der Waals surface area contributed by atoms with Gasteiger partial charge in [-0.15, -0.1) is 0 Å². The summed E-state index contributed by atoms with van der Waals surface area (Å²) in [5.74, 6) is -0.985. The lowest BCUT2D eigenvalue weighted by Crippen LogP contribution is -2.28. The van der Waals surface area contributed by atoms with Gasteiger partial charge in [0.2, 0.25) is 0 Å². The van der Waals surface area contributed by atoms with Gasteiger partial charge in [0.25, 0.3) is 0 Å². The number of nitrogens with one attached hydrogen (secondary N) is 1. The van der Waals surface area contributed by atoms with E-state index in [2.05, 4.69) is 5.32 Å². The number of hydrogen-bond donors (Lipinski definition) is 1. The van der Waals surface area contributed by atoms with Crippen LogP contribution in [-0.4, -0.2) is 6.54 Å². The fourth-order valence-electron chi connectivity index (χ4n) is 1.96. The van der Waals surface area contributed by atoms with Crippen molar-refractivity contribution >= 4 is 11.6 Å². The first-order valence-electron chi connectivity index (χ1n) is 5.07. The molecule has 1 atom stereocenters. The average molecular weight is 232 g/mol. The zero-order valence-corrected chi connectivity index (χ0v) is 8.95. The predicted octanol–water partition coefficient (Wildman–Crippen LogP) is 3.43. The standard InChI is InChI=1S/C11H12ClF2N/c12-11-8(14)5-4-7(13)10(11)9-3-1-2-6-15-9/h4-5,9,15H,1-3,6H2. The molecule has 1 heterocycles. The van der Waals surface area contributed by atoms with Gasteiger partial charge in [0.1, 0.15) is 11.6 Å². The summed E-state index contributed by atoms with van der Waals surface area (Å²) >= 11 is 5.78. The van der Waals surface area contributed by atoms with Crippen LogP contribution in [0.2, 0.25) is 5.02 Å². The molecule has 1 aromatic rings. The van der Waals surface area contributed by atoms with Crippen LogP contribution >= 0.6 is 11.6 Å². The Morgan fingerprint density at radius 1 is 1.20 bits per heavy atom. The van der Waals surface area contributed by atoms with Crippen molar-refractivity contribution in [3.8, 4) is 0 Å². The highest BCUT2D eigenvalue weighted by Crippen LogP contribution is 2.32. The van der Waals surface area contributed by atoms with Crippen molar-refractivity contribution in [2.45, 2.75) is 25.3 Å². The molecule has 15 heavy (non-hydrogen) atoms. The van der Waals surface area contributed by atoms with E-state index in [1.54, 1.807) is 0 Å². The first kappa shape index (κ1) is 10.8. The van der Waals surface area contributed by atoms with Crippen LogP contribution in [0.4, 0.5) is 8.78 Å². The van der Waals surface area contributed by atoms with Crippen molar-refractivity contribution < 1.29 is 8.78 Å². The normalized spacial score (nSPS) is 21.7. The summed E-state index contributed by atoms with van der Waals surface area (Å²) in [6.45, 7) is 0.830. The minimum atomic E-state index is -0.555. The third-order valence-electron chi connectivity index (χ3n) is 2.74. The summed E-state index contributed by atoms with van der Waals surface area (Å²) in [7, 11) is 0. The number of hydrogen-bond acceptors (Lipinski definition) is 1. The van der Waals surface area contributed by atoms with Crippen LogP contribution in [0.5, 0.6) is 0 Å². The Hall–Kier alpha value is -0.670. The van der Waals surface area contributed by atoms with E-state index in [0.717, 1.165) is 37.9 Å². The Kier molecular flexibility index (Phi) is 3.22. The molecule has 0 radical (unpaired) electrons. The van der Waals surface area contributed by atoms with Crippen LogP contribution in [0.15, 0.2) is 12.1 Å². The molecular weight excluding hydrogens is 220 g/mol. The lowest BCUT2D eigenvalue weighted by atomic mass is 9.97. The van der Waals surface area contributed by atoms with Gasteiger partial charge in [0.15, 0.2) is 0 Å². The third-order valence-corrected chi connectivity index (χ3v) is 3.12. The van der Waals surface area contributed by atoms with Gasteiger partial charge >= 0.3 is 0 Å². The van der Waals surface area contributed by atoms with Crippen molar-refractivity contribution in [3.05, 3.63) is 34.4 Å². The van der Waals surface area contributed by atoms with Gasteiger partial charge in [-0.25, -0.2) is 8.78 Å². The van der Waals surface area contributed by atoms with Crippen molar-refractivity contribution in [1.82, 2.24) is 5.32 Å². The van der Waals surface area contributed by atoms with Crippen LogP contribution in [0.1, 0.15) is 30.9 Å². The van der Waals surface area contributed by atoms with Gasteiger partial charge in [-0.3, -0.25) is 0 Å². The molecular formula is C11H12ClF2N. The van der Waals surface area contributed by atoms with Crippen molar-refractivity contribution in [2.75, 3.05) is 6.54 Å². The Bertz CT molecular complexity index is 362. The summed E-state index contributed by atoms with van der Waals surface area (Å²) in [6.07, 6.45) is 2.90. The molecule has 0 bridgehead atoms. The second-order valence-corrected chi connectivity index (χ2v) is 4.14. The molecule has 0 spiro atoms. The molecule has 1 aromatic carbocycles. The minimum absolute atomic E-state index is 0.0885. The number of benzene rings is 1. The highest BCUT2D eigenvalue weighted by Gasteiger charge is 2.22. The second-order valence-electron chi connectivity index (χ2n) is 3.76. The van der Waals surface area contributed by atoms with Crippen LogP contribution in [-0.2, 0) is 0 Å². The third kappa shape index (κ3) is 2.13. The van der Waals surface area contributed by atoms with Crippen molar-refractivity contribution in [3.63, 3.8) is 0 Å². The van der Waals surface area contributed by atoms with Gasteiger partial charge in [-0.2, -0.15) is 0 Å². The van der Waals surface area contributed by atoms with E-state index in [9.17, 15) is 8.78 Å². The Morgan fingerprint density at radius 2 is 1.93 bits per heavy atom. The maximum Gasteiger partial charge on any atom is 0.142 e. The van der Waals surface area contributed by atoms with E-state index in [0.29, 0.717) is 0 Å². The molecule has 2 rings (SSSR count). The molecule has 0 aliphatic carbocycles. The van der Waals surface area contributed by atoms with E-state index in [4.69, 9.17) is 11.6 Å². The summed E-state index contributed by atoms with van der Waals surface area (Å²) in [4.78, 5) is 0. The summed E-state index contributed by atoms with van der Waals surface area (Å²) in [6, 6.07) is 2.04. The molecule has 4 heteroatoms. The molecule has 0 amide bonds. The molecule has 0 aromatic heterocycles. The smallest absolute Gasteiger partial charge is 0.142 e. The van der Waals surface area contributed by atoms with Gasteiger partial charge in [0.05, 0.1) is 5.02 Å². The molecule has 82 valence electrons. The average Bonchev–Trinajstić information content (AvgIpc) is 2.26. The van der Waals surface area contributed by atoms with Crippen LogP contribution < -0.4 is 5.32 Å². The quantitative estimate of drug-likeness (QED) is 0.731. The monoisotopic (exact) mass is 231 g/mol. The summed E-state index contributed by atoms with van der Waals surface area (Å²) in [5, 5.41) is 3.06. The lowest BCUT2D eigenvalue weighted by Gasteiger charge is -2.25. The van der Waals surface area contributed by atoms with Crippen LogP contribution in [0.25, 0.3) is 0 Å². The number of piperidine rings is 1. The minimum Gasteiger partial charge on any atom is -0.310 e. The number of halogens is 3. The van der Waals surface area contributed by atoms with Crippen LogP contribution in [0.3, 0.4) is 0 Å². The molecule has 0 saturated carbocycles. The molecule has 1 saturated heterocycles. The molecule has 1 aliphatic heterocycles. The van der Waals surface area contributed by atoms with E-state index >= 15 is 0 Å². The fourth-order valence-corrected chi connectivity index (χ4v) is 2.25. The first-order chi connectivity index (χ1) is 7.20. The highest BCUT2D eigenvalue weighted by atomic mass is 35.5. The van der Waals surface area contributed by atoms with Gasteiger partial charge in [-0.1, -0.05) is 18.0 Å². The maximum absolute atomic E-state index is 13.5. The predicted molar refractivity (Wildman–Crippen MR) is 56.0 cm³/mol. The molecule has 1 fully saturated rings. The van der Waals surface area contributed by atoms with Gasteiger partial charge in [0, 0.05) is 11.6 Å². The Morgan fingerprint density at radius 3 is 2.60 bits per heavy atom. The van der Waals surface area contributed by atoms with Crippen molar-refractivity contribution in [2.24, 2.45) is 0 Å². The van der Waals surface area contributed by atoms with E-state index in [1.807, 2.05) is 0 Å². The SMILES string of the molecule is Fc1ccc(F)c(C2CCCCN2)c1Cl.